The molecular weight excluding hydrogens is 138 g/mol. The van der Waals surface area contributed by atoms with Crippen molar-refractivity contribution < 1.29 is 4.74 Å². The number of aromatic amines is 1. The summed E-state index contributed by atoms with van der Waals surface area (Å²) in [7, 11) is 1.69. The molecule has 0 aromatic carbocycles. The van der Waals surface area contributed by atoms with Gasteiger partial charge in [0.1, 0.15) is 5.75 Å². The zero-order valence-corrected chi connectivity index (χ0v) is 7.56. The minimum atomic E-state index is 0.134. The Morgan fingerprint density at radius 1 is 1.36 bits per heavy atom. The van der Waals surface area contributed by atoms with E-state index < -0.39 is 0 Å². The van der Waals surface area contributed by atoms with E-state index in [1.807, 2.05) is 12.3 Å². The fourth-order valence-corrected chi connectivity index (χ4v) is 1.11. The van der Waals surface area contributed by atoms with Crippen molar-refractivity contribution in [2.45, 2.75) is 26.2 Å². The first-order valence-electron chi connectivity index (χ1n) is 3.77. The fourth-order valence-electron chi connectivity index (χ4n) is 1.11. The summed E-state index contributed by atoms with van der Waals surface area (Å²) in [5.74, 6) is 0.942. The molecule has 0 saturated carbocycles. The third kappa shape index (κ3) is 1.56. The van der Waals surface area contributed by atoms with Crippen molar-refractivity contribution in [2.75, 3.05) is 7.11 Å². The molecule has 1 rings (SSSR count). The van der Waals surface area contributed by atoms with Crippen LogP contribution in [0.4, 0.5) is 0 Å². The molecule has 0 spiro atoms. The van der Waals surface area contributed by atoms with Crippen LogP contribution < -0.4 is 4.74 Å². The standard InChI is InChI=1S/C9H15NO/c1-9(2,3)8-7(11-4)5-6-10-8/h5-6,10H,1-4H3. The van der Waals surface area contributed by atoms with E-state index in [2.05, 4.69) is 25.8 Å². The highest BCUT2D eigenvalue weighted by atomic mass is 16.5. The van der Waals surface area contributed by atoms with E-state index in [1.165, 1.54) is 0 Å². The number of methoxy groups -OCH3 is 1. The van der Waals surface area contributed by atoms with Crippen LogP contribution in [0.25, 0.3) is 0 Å². The van der Waals surface area contributed by atoms with Gasteiger partial charge in [-0.1, -0.05) is 20.8 Å². The van der Waals surface area contributed by atoms with Crippen molar-refractivity contribution in [3.63, 3.8) is 0 Å². The molecule has 0 radical (unpaired) electrons. The normalized spacial score (nSPS) is 11.6. The highest BCUT2D eigenvalue weighted by Gasteiger charge is 2.19. The Kier molecular flexibility index (Phi) is 1.94. The van der Waals surface area contributed by atoms with Crippen molar-refractivity contribution in [1.29, 1.82) is 0 Å². The topological polar surface area (TPSA) is 25.0 Å². The van der Waals surface area contributed by atoms with Crippen LogP contribution in [0.5, 0.6) is 5.75 Å². The Labute approximate surface area is 67.6 Å². The van der Waals surface area contributed by atoms with Gasteiger partial charge >= 0.3 is 0 Å². The van der Waals surface area contributed by atoms with Gasteiger partial charge in [-0.15, -0.1) is 0 Å². The Morgan fingerprint density at radius 3 is 2.36 bits per heavy atom. The number of rotatable bonds is 1. The summed E-state index contributed by atoms with van der Waals surface area (Å²) >= 11 is 0. The van der Waals surface area contributed by atoms with Crippen molar-refractivity contribution in [2.24, 2.45) is 0 Å². The summed E-state index contributed by atoms with van der Waals surface area (Å²) in [6.45, 7) is 6.46. The molecule has 0 aliphatic rings. The van der Waals surface area contributed by atoms with Gasteiger partial charge in [-0.3, -0.25) is 0 Å². The third-order valence-corrected chi connectivity index (χ3v) is 1.68. The molecule has 0 aliphatic heterocycles. The Morgan fingerprint density at radius 2 is 2.00 bits per heavy atom. The maximum Gasteiger partial charge on any atom is 0.140 e. The molecule has 0 aliphatic carbocycles. The first kappa shape index (κ1) is 8.18. The largest absolute Gasteiger partial charge is 0.495 e. The van der Waals surface area contributed by atoms with Gasteiger partial charge in [0, 0.05) is 11.6 Å². The maximum absolute atomic E-state index is 5.18. The number of hydrogen-bond donors (Lipinski definition) is 1. The molecule has 62 valence electrons. The van der Waals surface area contributed by atoms with Crippen LogP contribution in [0.1, 0.15) is 26.5 Å². The molecule has 0 bridgehead atoms. The second-order valence-corrected chi connectivity index (χ2v) is 3.67. The van der Waals surface area contributed by atoms with E-state index in [0.717, 1.165) is 11.4 Å². The summed E-state index contributed by atoms with van der Waals surface area (Å²) < 4.78 is 5.18. The summed E-state index contributed by atoms with van der Waals surface area (Å²) in [6.07, 6.45) is 1.90. The van der Waals surface area contributed by atoms with Crippen molar-refractivity contribution in [3.8, 4) is 5.75 Å². The van der Waals surface area contributed by atoms with E-state index in [1.54, 1.807) is 7.11 Å². The second kappa shape index (κ2) is 2.61. The molecular formula is C9H15NO. The highest BCUT2D eigenvalue weighted by Crippen LogP contribution is 2.29. The lowest BCUT2D eigenvalue weighted by molar-refractivity contribution is 0.396. The molecule has 1 aromatic heterocycles. The van der Waals surface area contributed by atoms with Gasteiger partial charge in [0.05, 0.1) is 12.8 Å². The van der Waals surface area contributed by atoms with Gasteiger partial charge in [-0.25, -0.2) is 0 Å². The quantitative estimate of drug-likeness (QED) is 0.658. The maximum atomic E-state index is 5.18. The molecule has 1 heterocycles. The molecule has 0 saturated heterocycles. The minimum Gasteiger partial charge on any atom is -0.495 e. The summed E-state index contributed by atoms with van der Waals surface area (Å²) in [5, 5.41) is 0. The average Bonchev–Trinajstić information content (AvgIpc) is 2.31. The second-order valence-electron chi connectivity index (χ2n) is 3.67. The first-order valence-corrected chi connectivity index (χ1v) is 3.77. The zero-order chi connectivity index (χ0) is 8.48. The Hall–Kier alpha value is -0.920. The van der Waals surface area contributed by atoms with Crippen LogP contribution in [-0.4, -0.2) is 12.1 Å². The van der Waals surface area contributed by atoms with Crippen molar-refractivity contribution in [1.82, 2.24) is 4.98 Å². The lowest BCUT2D eigenvalue weighted by Gasteiger charge is -2.18. The van der Waals surface area contributed by atoms with Crippen LogP contribution in [-0.2, 0) is 5.41 Å². The van der Waals surface area contributed by atoms with E-state index in [9.17, 15) is 0 Å². The van der Waals surface area contributed by atoms with Gasteiger partial charge in [-0.05, 0) is 6.07 Å². The van der Waals surface area contributed by atoms with Gasteiger partial charge < -0.3 is 9.72 Å². The molecule has 1 aromatic rings. The van der Waals surface area contributed by atoms with Crippen LogP contribution >= 0.6 is 0 Å². The summed E-state index contributed by atoms with van der Waals surface area (Å²) in [4.78, 5) is 3.17. The third-order valence-electron chi connectivity index (χ3n) is 1.68. The molecule has 2 heteroatoms. The van der Waals surface area contributed by atoms with Crippen LogP contribution in [0.2, 0.25) is 0 Å². The van der Waals surface area contributed by atoms with E-state index in [0.29, 0.717) is 0 Å². The molecule has 0 fully saturated rings. The van der Waals surface area contributed by atoms with Crippen molar-refractivity contribution >= 4 is 0 Å². The molecule has 2 nitrogen and oxygen atoms in total. The monoisotopic (exact) mass is 153 g/mol. The van der Waals surface area contributed by atoms with Crippen LogP contribution in [0, 0.1) is 0 Å². The predicted octanol–water partition coefficient (Wildman–Crippen LogP) is 2.32. The van der Waals surface area contributed by atoms with E-state index >= 15 is 0 Å². The molecule has 0 unspecified atom stereocenters. The smallest absolute Gasteiger partial charge is 0.140 e. The van der Waals surface area contributed by atoms with Gasteiger partial charge in [-0.2, -0.15) is 0 Å². The van der Waals surface area contributed by atoms with Gasteiger partial charge in [0.25, 0.3) is 0 Å². The van der Waals surface area contributed by atoms with Crippen LogP contribution in [0.15, 0.2) is 12.3 Å². The average molecular weight is 153 g/mol. The Bertz CT molecular complexity index is 232. The lowest BCUT2D eigenvalue weighted by atomic mass is 9.92. The van der Waals surface area contributed by atoms with E-state index in [-0.39, 0.29) is 5.41 Å². The molecule has 0 amide bonds. The fraction of sp³-hybridized carbons (Fsp3) is 0.556. The highest BCUT2D eigenvalue weighted by molar-refractivity contribution is 5.32. The molecule has 1 N–H and O–H groups in total. The van der Waals surface area contributed by atoms with Gasteiger partial charge in [0.15, 0.2) is 0 Å². The SMILES string of the molecule is COc1cc[nH]c1C(C)(C)C. The predicted molar refractivity (Wildman–Crippen MR) is 46.0 cm³/mol. The number of H-pyrrole nitrogens is 1. The number of nitrogens with one attached hydrogen (secondary N) is 1. The lowest BCUT2D eigenvalue weighted by Crippen LogP contribution is -2.12. The number of hydrogen-bond acceptors (Lipinski definition) is 1. The summed E-state index contributed by atoms with van der Waals surface area (Å²) in [5.41, 5.74) is 1.29. The summed E-state index contributed by atoms with van der Waals surface area (Å²) in [6, 6.07) is 1.95. The Balaban J connectivity index is 3.02. The minimum absolute atomic E-state index is 0.134. The van der Waals surface area contributed by atoms with Gasteiger partial charge in [0.2, 0.25) is 0 Å². The van der Waals surface area contributed by atoms with Crippen molar-refractivity contribution in [3.05, 3.63) is 18.0 Å². The van der Waals surface area contributed by atoms with Crippen LogP contribution in [0.3, 0.4) is 0 Å². The molecule has 0 atom stereocenters. The van der Waals surface area contributed by atoms with E-state index in [4.69, 9.17) is 4.74 Å². The zero-order valence-electron chi connectivity index (χ0n) is 7.56. The number of aromatic nitrogens is 1. The number of ether oxygens (including phenoxy) is 1. The first-order chi connectivity index (χ1) is 5.05. The molecule has 11 heavy (non-hydrogen) atoms.